The summed E-state index contributed by atoms with van der Waals surface area (Å²) in [4.78, 5) is 26.3. The predicted molar refractivity (Wildman–Crippen MR) is 120 cm³/mol. The Kier molecular flexibility index (Phi) is 5.39. The summed E-state index contributed by atoms with van der Waals surface area (Å²) in [5.74, 6) is -0.361. The number of aliphatic hydroxyl groups is 1. The van der Waals surface area contributed by atoms with Crippen molar-refractivity contribution in [3.8, 4) is 5.75 Å². The quantitative estimate of drug-likeness (QED) is 0.384. The monoisotopic (exact) mass is 483 g/mol. The van der Waals surface area contributed by atoms with Gasteiger partial charge in [-0.2, -0.15) is 0 Å². The lowest BCUT2D eigenvalue weighted by Crippen LogP contribution is -2.59. The van der Waals surface area contributed by atoms with Crippen molar-refractivity contribution in [3.05, 3.63) is 81.0 Å². The summed E-state index contributed by atoms with van der Waals surface area (Å²) in [6.07, 6.45) is 3.76. The third-order valence-corrected chi connectivity index (χ3v) is 6.39. The normalized spacial score (nSPS) is 23.9. The molecule has 0 aromatic heterocycles. The molecular weight excluding hydrogens is 462 g/mol. The van der Waals surface area contributed by atoms with Gasteiger partial charge in [0.05, 0.1) is 18.2 Å². The van der Waals surface area contributed by atoms with E-state index in [-0.39, 0.29) is 17.6 Å². The zero-order chi connectivity index (χ0) is 22.3. The van der Waals surface area contributed by atoms with Crippen LogP contribution in [0.1, 0.15) is 40.7 Å². The Bertz CT molecular complexity index is 1120. The third kappa shape index (κ3) is 3.74. The van der Waals surface area contributed by atoms with Gasteiger partial charge in [-0.25, -0.2) is 4.79 Å². The number of aliphatic hydroxyl groups excluding tert-OH is 1. The summed E-state index contributed by atoms with van der Waals surface area (Å²) in [5.41, 5.74) is 1.64. The van der Waals surface area contributed by atoms with Crippen LogP contribution in [0.25, 0.3) is 6.08 Å². The van der Waals surface area contributed by atoms with Gasteiger partial charge in [0.15, 0.2) is 5.72 Å². The van der Waals surface area contributed by atoms with Crippen LogP contribution in [0.5, 0.6) is 5.75 Å². The number of likely N-dealkylation sites (tertiary alicyclic amines) is 1. The van der Waals surface area contributed by atoms with Gasteiger partial charge in [-0.15, -0.1) is 0 Å². The van der Waals surface area contributed by atoms with Crippen molar-refractivity contribution in [2.45, 2.75) is 25.0 Å². The number of amides is 1. The van der Waals surface area contributed by atoms with Crippen LogP contribution in [0.15, 0.2) is 64.3 Å². The lowest BCUT2D eigenvalue weighted by Gasteiger charge is -2.50. The second-order valence-electron chi connectivity index (χ2n) is 7.83. The van der Waals surface area contributed by atoms with Crippen LogP contribution in [-0.4, -0.2) is 41.8 Å². The number of likely N-dealkylation sites (N-methyl/N-ethyl adjacent to an activating group) is 1. The molecule has 6 nitrogen and oxygen atoms in total. The number of hydrogen-bond acceptors (Lipinski definition) is 5. The number of halogens is 1. The molecule has 31 heavy (non-hydrogen) atoms. The Labute approximate surface area is 188 Å². The van der Waals surface area contributed by atoms with Crippen LogP contribution < -0.4 is 4.74 Å². The minimum Gasteiger partial charge on any atom is -0.507 e. The van der Waals surface area contributed by atoms with E-state index in [9.17, 15) is 14.7 Å². The van der Waals surface area contributed by atoms with Crippen LogP contribution >= 0.6 is 15.9 Å². The smallest absolute Gasteiger partial charge is 0.337 e. The van der Waals surface area contributed by atoms with Crippen molar-refractivity contribution >= 4 is 33.9 Å². The average molecular weight is 484 g/mol. The standard InChI is InChI=1S/C24H22BrNO5/c1-24-13-18(17-12-16(25)9-11-20(17)31-24)21(22(28)26(24)2)19(27)10-6-14-4-7-15(8-5-14)23(29)30-3/h4-12,18,27H,13H2,1-3H3/b10-6+,21-19-. The number of methoxy groups -OCH3 is 1. The maximum absolute atomic E-state index is 13.2. The van der Waals surface area contributed by atoms with E-state index in [0.717, 1.165) is 15.6 Å². The summed E-state index contributed by atoms with van der Waals surface area (Å²) in [6.45, 7) is 1.88. The number of benzene rings is 2. The van der Waals surface area contributed by atoms with Crippen LogP contribution in [0.3, 0.4) is 0 Å². The predicted octanol–water partition coefficient (Wildman–Crippen LogP) is 4.82. The van der Waals surface area contributed by atoms with E-state index < -0.39 is 11.7 Å². The zero-order valence-corrected chi connectivity index (χ0v) is 19.0. The summed E-state index contributed by atoms with van der Waals surface area (Å²) in [6, 6.07) is 12.5. The molecule has 2 aromatic rings. The number of fused-ring (bicyclic) bond motifs is 4. The van der Waals surface area contributed by atoms with E-state index in [1.54, 1.807) is 42.3 Å². The second-order valence-corrected chi connectivity index (χ2v) is 8.74. The van der Waals surface area contributed by atoms with Crippen molar-refractivity contribution in [1.82, 2.24) is 4.90 Å². The number of carbonyl (C=O) groups excluding carboxylic acids is 2. The molecule has 4 rings (SSSR count). The summed E-state index contributed by atoms with van der Waals surface area (Å²) in [5, 5.41) is 10.9. The number of nitrogens with zero attached hydrogens (tertiary/aromatic N) is 1. The molecule has 0 aliphatic carbocycles. The molecule has 2 bridgehead atoms. The van der Waals surface area contributed by atoms with Gasteiger partial charge in [0.2, 0.25) is 0 Å². The van der Waals surface area contributed by atoms with Crippen LogP contribution in [-0.2, 0) is 9.53 Å². The number of rotatable bonds is 3. The molecule has 1 amide bonds. The molecular formula is C24H22BrNO5. The fourth-order valence-electron chi connectivity index (χ4n) is 4.06. The van der Waals surface area contributed by atoms with Gasteiger partial charge < -0.3 is 19.5 Å². The van der Waals surface area contributed by atoms with Gasteiger partial charge in [-0.05, 0) is 48.9 Å². The Morgan fingerprint density at radius 1 is 1.29 bits per heavy atom. The molecule has 0 saturated carbocycles. The van der Waals surface area contributed by atoms with Crippen LogP contribution in [0.2, 0.25) is 0 Å². The van der Waals surface area contributed by atoms with E-state index in [0.29, 0.717) is 23.3 Å². The molecule has 2 aromatic carbocycles. The van der Waals surface area contributed by atoms with E-state index in [1.807, 2.05) is 25.1 Å². The second kappa shape index (κ2) is 7.89. The molecule has 2 unspecified atom stereocenters. The van der Waals surface area contributed by atoms with Crippen molar-refractivity contribution in [1.29, 1.82) is 0 Å². The molecule has 160 valence electrons. The molecule has 2 aliphatic rings. The number of piperidine rings is 1. The van der Waals surface area contributed by atoms with Crippen LogP contribution in [0.4, 0.5) is 0 Å². The summed E-state index contributed by atoms with van der Waals surface area (Å²) in [7, 11) is 3.02. The molecule has 0 spiro atoms. The highest BCUT2D eigenvalue weighted by Crippen LogP contribution is 2.50. The number of carbonyl (C=O) groups is 2. The minimum atomic E-state index is -0.778. The molecule has 2 heterocycles. The fraction of sp³-hybridized carbons (Fsp3) is 0.250. The first-order chi connectivity index (χ1) is 14.7. The number of ether oxygens (including phenoxy) is 2. The summed E-state index contributed by atoms with van der Waals surface area (Å²) < 4.78 is 11.7. The Balaban J connectivity index is 1.72. The Hall–Kier alpha value is -3.06. The Morgan fingerprint density at radius 3 is 2.68 bits per heavy atom. The molecule has 7 heteroatoms. The van der Waals surface area contributed by atoms with Gasteiger partial charge in [0, 0.05) is 29.4 Å². The average Bonchev–Trinajstić information content (AvgIpc) is 2.76. The zero-order valence-electron chi connectivity index (χ0n) is 17.4. The minimum absolute atomic E-state index is 0.0891. The van der Waals surface area contributed by atoms with Crippen LogP contribution in [0, 0.1) is 0 Å². The molecule has 0 radical (unpaired) electrons. The number of allylic oxidation sites excluding steroid dienone is 1. The third-order valence-electron chi connectivity index (χ3n) is 5.89. The highest BCUT2D eigenvalue weighted by molar-refractivity contribution is 9.10. The van der Waals surface area contributed by atoms with Crippen molar-refractivity contribution in [2.75, 3.05) is 14.2 Å². The number of esters is 1. The lowest BCUT2D eigenvalue weighted by molar-refractivity contribution is -0.153. The maximum Gasteiger partial charge on any atom is 0.337 e. The SMILES string of the molecule is COC(=O)c1ccc(/C=C/C(O)=C2/C(=O)N(C)C3(C)CC2c2cc(Br)ccc2O3)cc1. The van der Waals surface area contributed by atoms with Gasteiger partial charge in [-0.1, -0.05) is 34.1 Å². The fourth-order valence-corrected chi connectivity index (χ4v) is 4.44. The topological polar surface area (TPSA) is 76.1 Å². The molecule has 1 saturated heterocycles. The maximum atomic E-state index is 13.2. The lowest BCUT2D eigenvalue weighted by atomic mass is 9.77. The van der Waals surface area contributed by atoms with Crippen molar-refractivity contribution in [3.63, 3.8) is 0 Å². The summed E-state index contributed by atoms with van der Waals surface area (Å²) >= 11 is 3.48. The van der Waals surface area contributed by atoms with Gasteiger partial charge in [-0.3, -0.25) is 4.79 Å². The van der Waals surface area contributed by atoms with E-state index in [2.05, 4.69) is 15.9 Å². The first-order valence-electron chi connectivity index (χ1n) is 9.80. The van der Waals surface area contributed by atoms with Gasteiger partial charge >= 0.3 is 5.97 Å². The van der Waals surface area contributed by atoms with Crippen molar-refractivity contribution < 1.29 is 24.2 Å². The van der Waals surface area contributed by atoms with Gasteiger partial charge in [0.1, 0.15) is 11.5 Å². The highest BCUT2D eigenvalue weighted by atomic mass is 79.9. The van der Waals surface area contributed by atoms with Crippen molar-refractivity contribution in [2.24, 2.45) is 0 Å². The van der Waals surface area contributed by atoms with E-state index in [4.69, 9.17) is 9.47 Å². The first kappa shape index (κ1) is 21.2. The Morgan fingerprint density at radius 2 is 2.00 bits per heavy atom. The molecule has 2 atom stereocenters. The van der Waals surface area contributed by atoms with E-state index in [1.165, 1.54) is 13.2 Å². The van der Waals surface area contributed by atoms with E-state index >= 15 is 0 Å². The molecule has 2 aliphatic heterocycles. The molecule has 1 fully saturated rings. The highest BCUT2D eigenvalue weighted by Gasteiger charge is 2.51. The molecule has 1 N–H and O–H groups in total. The number of hydrogen-bond donors (Lipinski definition) is 1. The van der Waals surface area contributed by atoms with Gasteiger partial charge in [0.25, 0.3) is 5.91 Å². The first-order valence-corrected chi connectivity index (χ1v) is 10.6. The largest absolute Gasteiger partial charge is 0.507 e.